The molecular weight excluding hydrogens is 445 g/mol. The van der Waals surface area contributed by atoms with Crippen molar-refractivity contribution in [3.05, 3.63) is 80.9 Å². The average molecular weight is 472 g/mol. The molecule has 0 radical (unpaired) electrons. The van der Waals surface area contributed by atoms with Crippen LogP contribution in [0.1, 0.15) is 30.9 Å². The maximum atomic E-state index is 14.0. The van der Waals surface area contributed by atoms with E-state index in [1.54, 1.807) is 28.5 Å². The molecule has 1 saturated heterocycles. The molecule has 174 valence electrons. The maximum Gasteiger partial charge on any atom is 0.409 e. The van der Waals surface area contributed by atoms with Crippen molar-refractivity contribution in [3.8, 4) is 0 Å². The first-order valence-corrected chi connectivity index (χ1v) is 11.5. The Morgan fingerprint density at radius 2 is 1.91 bits per heavy atom. The Balaban J connectivity index is 1.54. The molecule has 0 unspecified atom stereocenters. The Hall–Kier alpha value is -2.90. The van der Waals surface area contributed by atoms with E-state index in [2.05, 4.69) is 5.32 Å². The zero-order valence-electron chi connectivity index (χ0n) is 18.5. The number of ether oxygens (including phenoxy) is 1. The van der Waals surface area contributed by atoms with Crippen LogP contribution >= 0.6 is 11.6 Å². The molecule has 2 heterocycles. The summed E-state index contributed by atoms with van der Waals surface area (Å²) in [6, 6.07) is 13.8. The Kier molecular flexibility index (Phi) is 7.30. The minimum absolute atomic E-state index is 0.176. The van der Waals surface area contributed by atoms with Crippen molar-refractivity contribution in [2.75, 3.05) is 19.7 Å². The van der Waals surface area contributed by atoms with Gasteiger partial charge in [0.2, 0.25) is 0 Å². The predicted molar refractivity (Wildman–Crippen MR) is 127 cm³/mol. The highest BCUT2D eigenvalue weighted by Crippen LogP contribution is 2.21. The number of hydrogen-bond donors (Lipinski definition) is 1. The van der Waals surface area contributed by atoms with Crippen LogP contribution in [0.3, 0.4) is 0 Å². The summed E-state index contributed by atoms with van der Waals surface area (Å²) in [5, 5.41) is 4.81. The van der Waals surface area contributed by atoms with Crippen LogP contribution in [0.2, 0.25) is 5.02 Å². The van der Waals surface area contributed by atoms with Crippen molar-refractivity contribution in [1.29, 1.82) is 0 Å². The predicted octanol–water partition coefficient (Wildman–Crippen LogP) is 4.55. The molecule has 1 aliphatic heterocycles. The second-order valence-electron chi connectivity index (χ2n) is 8.20. The van der Waals surface area contributed by atoms with Crippen LogP contribution in [0.25, 0.3) is 10.9 Å². The van der Waals surface area contributed by atoms with E-state index in [0.717, 1.165) is 23.8 Å². The van der Waals surface area contributed by atoms with Crippen molar-refractivity contribution < 1.29 is 13.9 Å². The number of carbonyl (C=O) groups excluding carboxylic acids is 1. The largest absolute Gasteiger partial charge is 0.450 e. The number of amides is 1. The van der Waals surface area contributed by atoms with Gasteiger partial charge in [0.25, 0.3) is 5.56 Å². The van der Waals surface area contributed by atoms with Gasteiger partial charge in [0.1, 0.15) is 5.82 Å². The third-order valence-corrected chi connectivity index (χ3v) is 6.39. The Bertz CT molecular complexity index is 1210. The van der Waals surface area contributed by atoms with Gasteiger partial charge in [-0.25, -0.2) is 9.18 Å². The lowest BCUT2D eigenvalue weighted by atomic mass is 10.0. The Labute approximate surface area is 196 Å². The quantitative estimate of drug-likeness (QED) is 0.572. The third-order valence-electron chi connectivity index (χ3n) is 6.02. The molecule has 0 bridgehead atoms. The van der Waals surface area contributed by atoms with Gasteiger partial charge in [-0.15, -0.1) is 0 Å². The van der Waals surface area contributed by atoms with Crippen LogP contribution in [0.4, 0.5) is 9.18 Å². The molecule has 3 aromatic rings. The molecule has 0 aliphatic carbocycles. The van der Waals surface area contributed by atoms with E-state index in [9.17, 15) is 14.0 Å². The standard InChI is InChI=1S/C25H27ClFN3O3/c1-2-33-25(32)29-11-9-21(10-12-29)28-15-19-13-17-7-8-20(27)14-23(17)30(24(19)31)16-18-5-3-4-6-22(18)26/h3-8,13-14,21,28H,2,9-12,15-16H2,1H3. The first-order valence-electron chi connectivity index (χ1n) is 11.2. The zero-order chi connectivity index (χ0) is 23.4. The van der Waals surface area contributed by atoms with Gasteiger partial charge in [-0.1, -0.05) is 29.8 Å². The van der Waals surface area contributed by atoms with Gasteiger partial charge >= 0.3 is 6.09 Å². The molecule has 1 amide bonds. The SMILES string of the molecule is CCOC(=O)N1CCC(NCc2cc3ccc(F)cc3n(Cc3ccccc3Cl)c2=O)CC1. The molecule has 2 aromatic carbocycles. The Morgan fingerprint density at radius 1 is 1.15 bits per heavy atom. The average Bonchev–Trinajstić information content (AvgIpc) is 2.82. The van der Waals surface area contributed by atoms with E-state index in [0.29, 0.717) is 42.3 Å². The molecule has 1 aliphatic rings. The molecule has 1 aromatic heterocycles. The van der Waals surface area contributed by atoms with Gasteiger partial charge in [0, 0.05) is 36.3 Å². The number of carbonyl (C=O) groups is 1. The lowest BCUT2D eigenvalue weighted by Gasteiger charge is -2.31. The van der Waals surface area contributed by atoms with Crippen molar-refractivity contribution in [2.24, 2.45) is 0 Å². The minimum atomic E-state index is -0.394. The lowest BCUT2D eigenvalue weighted by Crippen LogP contribution is -2.45. The molecule has 4 rings (SSSR count). The number of halogens is 2. The minimum Gasteiger partial charge on any atom is -0.450 e. The van der Waals surface area contributed by atoms with E-state index >= 15 is 0 Å². The topological polar surface area (TPSA) is 63.6 Å². The highest BCUT2D eigenvalue weighted by atomic mass is 35.5. The molecule has 1 N–H and O–H groups in total. The van der Waals surface area contributed by atoms with E-state index < -0.39 is 5.82 Å². The van der Waals surface area contributed by atoms with Crippen molar-refractivity contribution >= 4 is 28.6 Å². The van der Waals surface area contributed by atoms with Gasteiger partial charge in [0.15, 0.2) is 0 Å². The van der Waals surface area contributed by atoms with Gasteiger partial charge in [0.05, 0.1) is 18.7 Å². The van der Waals surface area contributed by atoms with Gasteiger partial charge in [-0.3, -0.25) is 4.79 Å². The molecule has 1 fully saturated rings. The summed E-state index contributed by atoms with van der Waals surface area (Å²) in [7, 11) is 0. The lowest BCUT2D eigenvalue weighted by molar-refractivity contribution is 0.0950. The number of nitrogens with one attached hydrogen (secondary N) is 1. The smallest absolute Gasteiger partial charge is 0.409 e. The second-order valence-corrected chi connectivity index (χ2v) is 8.60. The molecule has 0 spiro atoms. The molecule has 0 atom stereocenters. The number of aromatic nitrogens is 1. The van der Waals surface area contributed by atoms with Crippen molar-refractivity contribution in [2.45, 2.75) is 38.9 Å². The van der Waals surface area contributed by atoms with Gasteiger partial charge in [-0.2, -0.15) is 0 Å². The Morgan fingerprint density at radius 3 is 2.64 bits per heavy atom. The summed E-state index contributed by atoms with van der Waals surface area (Å²) < 4.78 is 20.7. The summed E-state index contributed by atoms with van der Waals surface area (Å²) in [5.74, 6) is -0.394. The summed E-state index contributed by atoms with van der Waals surface area (Å²) >= 11 is 6.33. The fraction of sp³-hybridized carbons (Fsp3) is 0.360. The number of piperidine rings is 1. The number of pyridine rings is 1. The fourth-order valence-electron chi connectivity index (χ4n) is 4.22. The third kappa shape index (κ3) is 5.37. The van der Waals surface area contributed by atoms with Crippen LogP contribution in [0.5, 0.6) is 0 Å². The number of benzene rings is 2. The number of rotatable bonds is 6. The summed E-state index contributed by atoms with van der Waals surface area (Å²) in [5.41, 5.74) is 1.76. The highest BCUT2D eigenvalue weighted by molar-refractivity contribution is 6.31. The summed E-state index contributed by atoms with van der Waals surface area (Å²) in [6.07, 6.45) is 1.29. The van der Waals surface area contributed by atoms with E-state index in [4.69, 9.17) is 16.3 Å². The molecule has 0 saturated carbocycles. The molecule has 6 nitrogen and oxygen atoms in total. The van der Waals surface area contributed by atoms with Crippen molar-refractivity contribution in [3.63, 3.8) is 0 Å². The normalized spacial score (nSPS) is 14.6. The van der Waals surface area contributed by atoms with E-state index in [-0.39, 0.29) is 24.2 Å². The number of hydrogen-bond acceptors (Lipinski definition) is 4. The highest BCUT2D eigenvalue weighted by Gasteiger charge is 2.23. The number of likely N-dealkylation sites (tertiary alicyclic amines) is 1. The first kappa shape index (κ1) is 23.3. The van der Waals surface area contributed by atoms with Gasteiger partial charge < -0.3 is 19.5 Å². The fourth-order valence-corrected chi connectivity index (χ4v) is 4.42. The second kappa shape index (κ2) is 10.4. The number of fused-ring (bicyclic) bond motifs is 1. The number of nitrogens with zero attached hydrogens (tertiary/aromatic N) is 2. The van der Waals surface area contributed by atoms with E-state index in [1.165, 1.54) is 12.1 Å². The maximum absolute atomic E-state index is 14.0. The van der Waals surface area contributed by atoms with Gasteiger partial charge in [-0.05, 0) is 61.0 Å². The van der Waals surface area contributed by atoms with Crippen LogP contribution in [0, 0.1) is 5.82 Å². The molecule has 33 heavy (non-hydrogen) atoms. The van der Waals surface area contributed by atoms with Crippen LogP contribution in [-0.2, 0) is 17.8 Å². The van der Waals surface area contributed by atoms with Crippen molar-refractivity contribution in [1.82, 2.24) is 14.8 Å². The zero-order valence-corrected chi connectivity index (χ0v) is 19.3. The molecule has 8 heteroatoms. The van der Waals surface area contributed by atoms with E-state index in [1.807, 2.05) is 24.3 Å². The monoisotopic (exact) mass is 471 g/mol. The summed E-state index contributed by atoms with van der Waals surface area (Å²) in [6.45, 7) is 4.03. The molecular formula is C25H27ClFN3O3. The summed E-state index contributed by atoms with van der Waals surface area (Å²) in [4.78, 5) is 27.0. The van der Waals surface area contributed by atoms with Crippen LogP contribution < -0.4 is 10.9 Å². The van der Waals surface area contributed by atoms with Crippen LogP contribution in [0.15, 0.2) is 53.3 Å². The van der Waals surface area contributed by atoms with Crippen LogP contribution in [-0.4, -0.2) is 41.3 Å². The first-order chi connectivity index (χ1) is 16.0.